The highest BCUT2D eigenvalue weighted by Gasteiger charge is 2.39. The van der Waals surface area contributed by atoms with Crippen LogP contribution in [0.1, 0.15) is 18.4 Å². The number of benzene rings is 1. The molecule has 2 rings (SSSR count). The van der Waals surface area contributed by atoms with Crippen LogP contribution in [0.4, 0.5) is 0 Å². The molecule has 0 saturated heterocycles. The van der Waals surface area contributed by atoms with Crippen molar-refractivity contribution in [1.29, 1.82) is 5.26 Å². The third-order valence-corrected chi connectivity index (χ3v) is 2.72. The maximum atomic E-state index is 8.93. The van der Waals surface area contributed by atoms with Crippen molar-refractivity contribution in [2.24, 2.45) is 5.73 Å². The molecule has 0 amide bonds. The molecule has 0 atom stereocenters. The molecule has 1 aliphatic carbocycles. The number of hydrogen-bond acceptors (Lipinski definition) is 4. The lowest BCUT2D eigenvalue weighted by atomic mass is 10.2. The van der Waals surface area contributed by atoms with E-state index in [1.54, 1.807) is 25.3 Å². The molecule has 2 N–H and O–H groups in total. The number of nitriles is 1. The number of hydrogen-bond donors (Lipinski definition) is 1. The van der Waals surface area contributed by atoms with Crippen LogP contribution in [0.25, 0.3) is 0 Å². The van der Waals surface area contributed by atoms with E-state index in [2.05, 4.69) is 6.07 Å². The van der Waals surface area contributed by atoms with Gasteiger partial charge in [0, 0.05) is 6.07 Å². The summed E-state index contributed by atoms with van der Waals surface area (Å²) in [5.74, 6) is 1.22. The second-order valence-electron chi connectivity index (χ2n) is 4.12. The van der Waals surface area contributed by atoms with Gasteiger partial charge in [0.15, 0.2) is 0 Å². The lowest BCUT2D eigenvalue weighted by Gasteiger charge is -2.12. The highest BCUT2D eigenvalue weighted by Crippen LogP contribution is 2.33. The number of methoxy groups -OCH3 is 1. The van der Waals surface area contributed by atoms with Crippen molar-refractivity contribution in [3.05, 3.63) is 23.8 Å². The molecule has 0 bridgehead atoms. The molecule has 17 heavy (non-hydrogen) atoms. The fourth-order valence-electron chi connectivity index (χ4n) is 1.37. The summed E-state index contributed by atoms with van der Waals surface area (Å²) in [5, 5.41) is 8.93. The van der Waals surface area contributed by atoms with Crippen LogP contribution in [0.3, 0.4) is 0 Å². The summed E-state index contributed by atoms with van der Waals surface area (Å²) >= 11 is 0. The van der Waals surface area contributed by atoms with Gasteiger partial charge in [-0.25, -0.2) is 0 Å². The Balaban J connectivity index is 0.00000144. The van der Waals surface area contributed by atoms with E-state index in [9.17, 15) is 0 Å². The Morgan fingerprint density at radius 1 is 1.47 bits per heavy atom. The molecule has 0 radical (unpaired) electrons. The second kappa shape index (κ2) is 5.26. The molecule has 4 nitrogen and oxygen atoms in total. The Bertz CT molecular complexity index is 439. The van der Waals surface area contributed by atoms with Gasteiger partial charge in [-0.3, -0.25) is 0 Å². The Morgan fingerprint density at radius 3 is 2.71 bits per heavy atom. The van der Waals surface area contributed by atoms with Gasteiger partial charge in [-0.15, -0.1) is 12.4 Å². The van der Waals surface area contributed by atoms with E-state index in [0.29, 0.717) is 23.7 Å². The predicted molar refractivity (Wildman–Crippen MR) is 66.6 cm³/mol. The first-order chi connectivity index (χ1) is 7.67. The molecule has 5 heteroatoms. The van der Waals surface area contributed by atoms with Crippen molar-refractivity contribution in [1.82, 2.24) is 0 Å². The predicted octanol–water partition coefficient (Wildman–Crippen LogP) is 1.86. The minimum Gasteiger partial charge on any atom is -0.497 e. The average Bonchev–Trinajstić information content (AvgIpc) is 3.05. The van der Waals surface area contributed by atoms with Gasteiger partial charge in [-0.1, -0.05) is 0 Å². The van der Waals surface area contributed by atoms with E-state index in [1.807, 2.05) is 0 Å². The average molecular weight is 255 g/mol. The minimum atomic E-state index is -0.185. The van der Waals surface area contributed by atoms with Gasteiger partial charge >= 0.3 is 0 Å². The molecule has 0 aliphatic heterocycles. The molecule has 92 valence electrons. The lowest BCUT2D eigenvalue weighted by Crippen LogP contribution is -2.29. The molecule has 1 aromatic carbocycles. The number of nitrogens with zero attached hydrogens (tertiary/aromatic N) is 1. The van der Waals surface area contributed by atoms with Crippen molar-refractivity contribution in [2.75, 3.05) is 13.7 Å². The van der Waals surface area contributed by atoms with Crippen LogP contribution in [0, 0.1) is 11.3 Å². The Kier molecular flexibility index (Phi) is 4.22. The summed E-state index contributed by atoms with van der Waals surface area (Å²) in [4.78, 5) is 0. The number of nitrogens with two attached hydrogens (primary N) is 1. The summed E-state index contributed by atoms with van der Waals surface area (Å²) in [7, 11) is 1.58. The second-order valence-corrected chi connectivity index (χ2v) is 4.12. The molecule has 1 fully saturated rings. The summed E-state index contributed by atoms with van der Waals surface area (Å²) < 4.78 is 10.7. The number of ether oxygens (including phenoxy) is 2. The van der Waals surface area contributed by atoms with Gasteiger partial charge in [-0.05, 0) is 25.0 Å². The van der Waals surface area contributed by atoms with Crippen LogP contribution in [0.2, 0.25) is 0 Å². The zero-order valence-corrected chi connectivity index (χ0v) is 10.4. The summed E-state index contributed by atoms with van der Waals surface area (Å²) in [6.45, 7) is 0.453. The fraction of sp³-hybridized carbons (Fsp3) is 0.417. The van der Waals surface area contributed by atoms with E-state index < -0.39 is 0 Å². The lowest BCUT2D eigenvalue weighted by molar-refractivity contribution is 0.277. The van der Waals surface area contributed by atoms with Crippen LogP contribution in [-0.2, 0) is 0 Å². The summed E-state index contributed by atoms with van der Waals surface area (Å²) in [6.07, 6.45) is 1.97. The largest absolute Gasteiger partial charge is 0.497 e. The van der Waals surface area contributed by atoms with E-state index in [4.69, 9.17) is 20.5 Å². The molecular formula is C12H15ClN2O2. The number of rotatable bonds is 4. The number of halogens is 1. The normalized spacial score (nSPS) is 15.4. The van der Waals surface area contributed by atoms with E-state index >= 15 is 0 Å². The summed E-state index contributed by atoms with van der Waals surface area (Å²) in [6, 6.07) is 7.22. The first-order valence-corrected chi connectivity index (χ1v) is 5.17. The SMILES string of the molecule is COc1ccc(C#N)c(OCC2(N)CC2)c1.Cl. The quantitative estimate of drug-likeness (QED) is 0.891. The molecule has 1 aromatic rings. The Hall–Kier alpha value is -1.44. The highest BCUT2D eigenvalue weighted by molar-refractivity contribution is 5.85. The third-order valence-electron chi connectivity index (χ3n) is 2.72. The maximum Gasteiger partial charge on any atom is 0.140 e. The Labute approximate surface area is 107 Å². The maximum absolute atomic E-state index is 8.93. The van der Waals surface area contributed by atoms with Crippen molar-refractivity contribution in [2.45, 2.75) is 18.4 Å². The van der Waals surface area contributed by atoms with Crippen molar-refractivity contribution < 1.29 is 9.47 Å². The van der Waals surface area contributed by atoms with Gasteiger partial charge in [0.25, 0.3) is 0 Å². The van der Waals surface area contributed by atoms with Crippen LogP contribution in [0.15, 0.2) is 18.2 Å². The zero-order chi connectivity index (χ0) is 11.6. The van der Waals surface area contributed by atoms with Crippen molar-refractivity contribution >= 4 is 12.4 Å². The van der Waals surface area contributed by atoms with Gasteiger partial charge in [0.2, 0.25) is 0 Å². The van der Waals surface area contributed by atoms with Gasteiger partial charge in [-0.2, -0.15) is 5.26 Å². The van der Waals surface area contributed by atoms with Crippen molar-refractivity contribution in [3.63, 3.8) is 0 Å². The van der Waals surface area contributed by atoms with E-state index in [1.165, 1.54) is 0 Å². The monoisotopic (exact) mass is 254 g/mol. The Morgan fingerprint density at radius 2 is 2.18 bits per heavy atom. The minimum absolute atomic E-state index is 0. The fourth-order valence-corrected chi connectivity index (χ4v) is 1.37. The van der Waals surface area contributed by atoms with Gasteiger partial charge in [0.1, 0.15) is 24.2 Å². The van der Waals surface area contributed by atoms with E-state index in [-0.39, 0.29) is 17.9 Å². The smallest absolute Gasteiger partial charge is 0.140 e. The molecule has 0 spiro atoms. The standard InChI is InChI=1S/C12H14N2O2.ClH/c1-15-10-3-2-9(7-13)11(6-10)16-8-12(14)4-5-12;/h2-3,6H,4-5,8,14H2,1H3;1H. The molecular weight excluding hydrogens is 240 g/mol. The highest BCUT2D eigenvalue weighted by atomic mass is 35.5. The van der Waals surface area contributed by atoms with Crippen LogP contribution in [-0.4, -0.2) is 19.3 Å². The first kappa shape index (κ1) is 13.6. The molecule has 1 aliphatic rings. The van der Waals surface area contributed by atoms with Crippen LogP contribution >= 0.6 is 12.4 Å². The molecule has 0 aromatic heterocycles. The zero-order valence-electron chi connectivity index (χ0n) is 9.60. The van der Waals surface area contributed by atoms with Crippen molar-refractivity contribution in [3.8, 4) is 17.6 Å². The summed E-state index contributed by atoms with van der Waals surface area (Å²) in [5.41, 5.74) is 6.24. The third kappa shape index (κ3) is 3.26. The molecule has 1 saturated carbocycles. The van der Waals surface area contributed by atoms with Gasteiger partial charge in [0.05, 0.1) is 18.2 Å². The first-order valence-electron chi connectivity index (χ1n) is 5.17. The van der Waals surface area contributed by atoms with Crippen LogP contribution < -0.4 is 15.2 Å². The van der Waals surface area contributed by atoms with E-state index in [0.717, 1.165) is 12.8 Å². The molecule has 0 unspecified atom stereocenters. The van der Waals surface area contributed by atoms with Crippen LogP contribution in [0.5, 0.6) is 11.5 Å². The van der Waals surface area contributed by atoms with Gasteiger partial charge < -0.3 is 15.2 Å². The molecule has 0 heterocycles. The topological polar surface area (TPSA) is 68.3 Å².